The Labute approximate surface area is 105 Å². The molecular formula is C12H16N2O4. The molecule has 0 aromatic heterocycles. The molecule has 0 aliphatic carbocycles. The van der Waals surface area contributed by atoms with Gasteiger partial charge in [0.25, 0.3) is 0 Å². The minimum Gasteiger partial charge on any atom is -0.482 e. The predicted octanol–water partition coefficient (Wildman–Crippen LogP) is 1.38. The first-order chi connectivity index (χ1) is 8.65. The Kier molecular flexibility index (Phi) is 5.50. The first-order valence-corrected chi connectivity index (χ1v) is 5.50. The number of amides is 2. The Morgan fingerprint density at radius 2 is 2.11 bits per heavy atom. The monoisotopic (exact) mass is 252 g/mol. The van der Waals surface area contributed by atoms with Gasteiger partial charge in [0.2, 0.25) is 0 Å². The summed E-state index contributed by atoms with van der Waals surface area (Å²) < 4.78 is 9.65. The highest BCUT2D eigenvalue weighted by atomic mass is 16.6. The molecule has 0 aliphatic heterocycles. The maximum absolute atomic E-state index is 11.3. The average molecular weight is 252 g/mol. The zero-order valence-corrected chi connectivity index (χ0v) is 10.4. The highest BCUT2D eigenvalue weighted by Gasteiger charge is 2.04. The molecular weight excluding hydrogens is 236 g/mol. The van der Waals surface area contributed by atoms with E-state index in [1.54, 1.807) is 24.3 Å². The minimum absolute atomic E-state index is 0.166. The van der Waals surface area contributed by atoms with Crippen molar-refractivity contribution in [3.63, 3.8) is 0 Å². The summed E-state index contributed by atoms with van der Waals surface area (Å²) in [5.41, 5.74) is 0.586. The molecule has 6 nitrogen and oxygen atoms in total. The second-order valence-corrected chi connectivity index (χ2v) is 3.38. The van der Waals surface area contributed by atoms with Gasteiger partial charge in [0, 0.05) is 18.3 Å². The lowest BCUT2D eigenvalue weighted by Gasteiger charge is -2.08. The van der Waals surface area contributed by atoms with E-state index in [2.05, 4.69) is 15.4 Å². The fraction of sp³-hybridized carbons (Fsp3) is 0.333. The summed E-state index contributed by atoms with van der Waals surface area (Å²) in [5.74, 6) is 0.0202. The first kappa shape index (κ1) is 13.8. The number of esters is 1. The molecule has 0 radical (unpaired) electrons. The van der Waals surface area contributed by atoms with E-state index in [9.17, 15) is 9.59 Å². The molecule has 0 saturated carbocycles. The molecule has 0 fully saturated rings. The van der Waals surface area contributed by atoms with Crippen LogP contribution in [0.3, 0.4) is 0 Å². The number of hydrogen-bond acceptors (Lipinski definition) is 4. The molecule has 0 spiro atoms. The normalized spacial score (nSPS) is 9.44. The molecule has 0 unspecified atom stereocenters. The molecule has 0 atom stereocenters. The summed E-state index contributed by atoms with van der Waals surface area (Å²) in [6.07, 6.45) is 0. The van der Waals surface area contributed by atoms with Crippen LogP contribution in [0.1, 0.15) is 6.92 Å². The van der Waals surface area contributed by atoms with Gasteiger partial charge in [0.15, 0.2) is 6.61 Å². The van der Waals surface area contributed by atoms with Gasteiger partial charge in [-0.1, -0.05) is 6.07 Å². The fourth-order valence-corrected chi connectivity index (χ4v) is 1.20. The van der Waals surface area contributed by atoms with E-state index < -0.39 is 5.97 Å². The third kappa shape index (κ3) is 4.73. The van der Waals surface area contributed by atoms with Crippen molar-refractivity contribution in [2.24, 2.45) is 0 Å². The van der Waals surface area contributed by atoms with Crippen molar-refractivity contribution in [1.29, 1.82) is 0 Å². The topological polar surface area (TPSA) is 76.7 Å². The third-order valence-electron chi connectivity index (χ3n) is 2.01. The van der Waals surface area contributed by atoms with Gasteiger partial charge in [-0.2, -0.15) is 0 Å². The Morgan fingerprint density at radius 1 is 1.33 bits per heavy atom. The predicted molar refractivity (Wildman–Crippen MR) is 66.6 cm³/mol. The van der Waals surface area contributed by atoms with Gasteiger partial charge < -0.3 is 20.1 Å². The lowest BCUT2D eigenvalue weighted by molar-refractivity contribution is -0.142. The van der Waals surface area contributed by atoms with Crippen LogP contribution in [-0.2, 0) is 9.53 Å². The van der Waals surface area contributed by atoms with E-state index >= 15 is 0 Å². The quantitative estimate of drug-likeness (QED) is 0.776. The number of benzene rings is 1. The van der Waals surface area contributed by atoms with E-state index in [0.717, 1.165) is 0 Å². The van der Waals surface area contributed by atoms with Crippen LogP contribution in [0.2, 0.25) is 0 Å². The van der Waals surface area contributed by atoms with Gasteiger partial charge in [-0.25, -0.2) is 9.59 Å². The van der Waals surface area contributed by atoms with Crippen molar-refractivity contribution in [2.45, 2.75) is 6.92 Å². The number of anilines is 1. The molecule has 2 N–H and O–H groups in total. The summed E-state index contributed by atoms with van der Waals surface area (Å²) in [4.78, 5) is 22.2. The van der Waals surface area contributed by atoms with Crippen molar-refractivity contribution in [3.05, 3.63) is 24.3 Å². The molecule has 6 heteroatoms. The fourth-order valence-electron chi connectivity index (χ4n) is 1.20. The maximum Gasteiger partial charge on any atom is 0.343 e. The van der Waals surface area contributed by atoms with E-state index in [1.807, 2.05) is 6.92 Å². The Morgan fingerprint density at radius 3 is 2.78 bits per heavy atom. The number of nitrogens with one attached hydrogen (secondary N) is 2. The zero-order valence-electron chi connectivity index (χ0n) is 10.4. The van der Waals surface area contributed by atoms with E-state index in [0.29, 0.717) is 18.0 Å². The summed E-state index contributed by atoms with van der Waals surface area (Å²) in [5, 5.41) is 5.25. The standard InChI is InChI=1S/C12H16N2O4/c1-3-13-12(16)14-9-5-4-6-10(7-9)18-8-11(15)17-2/h4-7H,3,8H2,1-2H3,(H2,13,14,16). The Balaban J connectivity index is 2.56. The highest BCUT2D eigenvalue weighted by Crippen LogP contribution is 2.17. The number of rotatable bonds is 5. The highest BCUT2D eigenvalue weighted by molar-refractivity contribution is 5.89. The molecule has 1 rings (SSSR count). The molecule has 0 aliphatic rings. The van der Waals surface area contributed by atoms with Crippen molar-refractivity contribution < 1.29 is 19.1 Å². The van der Waals surface area contributed by atoms with Crippen molar-refractivity contribution >= 4 is 17.7 Å². The van der Waals surface area contributed by atoms with E-state index in [4.69, 9.17) is 4.74 Å². The lowest BCUT2D eigenvalue weighted by Crippen LogP contribution is -2.28. The molecule has 0 heterocycles. The lowest BCUT2D eigenvalue weighted by atomic mass is 10.3. The first-order valence-electron chi connectivity index (χ1n) is 5.50. The number of urea groups is 1. The molecule has 1 aromatic carbocycles. The number of ether oxygens (including phenoxy) is 2. The molecule has 0 bridgehead atoms. The molecule has 2 amide bonds. The van der Waals surface area contributed by atoms with Crippen LogP contribution >= 0.6 is 0 Å². The van der Waals surface area contributed by atoms with Gasteiger partial charge in [-0.3, -0.25) is 0 Å². The van der Waals surface area contributed by atoms with Gasteiger partial charge in [0.05, 0.1) is 7.11 Å². The number of hydrogen-bond donors (Lipinski definition) is 2. The third-order valence-corrected chi connectivity index (χ3v) is 2.01. The Hall–Kier alpha value is -2.24. The SMILES string of the molecule is CCNC(=O)Nc1cccc(OCC(=O)OC)c1. The molecule has 98 valence electrons. The van der Waals surface area contributed by atoms with Gasteiger partial charge in [-0.05, 0) is 19.1 Å². The smallest absolute Gasteiger partial charge is 0.343 e. The summed E-state index contributed by atoms with van der Waals surface area (Å²) in [6, 6.07) is 6.46. The van der Waals surface area contributed by atoms with Crippen LogP contribution in [0.25, 0.3) is 0 Å². The zero-order chi connectivity index (χ0) is 13.4. The largest absolute Gasteiger partial charge is 0.482 e. The summed E-state index contributed by atoms with van der Waals surface area (Å²) in [6.45, 7) is 2.21. The summed E-state index contributed by atoms with van der Waals surface area (Å²) >= 11 is 0. The van der Waals surface area contributed by atoms with Gasteiger partial charge in [-0.15, -0.1) is 0 Å². The van der Waals surface area contributed by atoms with Crippen LogP contribution in [0, 0.1) is 0 Å². The van der Waals surface area contributed by atoms with Crippen molar-refractivity contribution in [2.75, 3.05) is 25.6 Å². The van der Waals surface area contributed by atoms with Gasteiger partial charge in [0.1, 0.15) is 5.75 Å². The molecule has 18 heavy (non-hydrogen) atoms. The molecule has 1 aromatic rings. The number of carbonyl (C=O) groups excluding carboxylic acids is 2. The molecule has 0 saturated heterocycles. The summed E-state index contributed by atoms with van der Waals surface area (Å²) in [7, 11) is 1.29. The van der Waals surface area contributed by atoms with Crippen LogP contribution in [0.5, 0.6) is 5.75 Å². The minimum atomic E-state index is -0.461. The van der Waals surface area contributed by atoms with Gasteiger partial charge >= 0.3 is 12.0 Å². The van der Waals surface area contributed by atoms with Crippen molar-refractivity contribution in [3.8, 4) is 5.75 Å². The number of methoxy groups -OCH3 is 1. The average Bonchev–Trinajstić information content (AvgIpc) is 2.36. The second-order valence-electron chi connectivity index (χ2n) is 3.38. The maximum atomic E-state index is 11.3. The van der Waals surface area contributed by atoms with Crippen LogP contribution in [0.15, 0.2) is 24.3 Å². The van der Waals surface area contributed by atoms with Crippen molar-refractivity contribution in [1.82, 2.24) is 5.32 Å². The second kappa shape index (κ2) is 7.16. The van der Waals surface area contributed by atoms with Crippen LogP contribution < -0.4 is 15.4 Å². The number of carbonyl (C=O) groups is 2. The van der Waals surface area contributed by atoms with E-state index in [1.165, 1.54) is 7.11 Å². The Bertz CT molecular complexity index is 420. The van der Waals surface area contributed by atoms with Crippen LogP contribution in [-0.4, -0.2) is 32.3 Å². The van der Waals surface area contributed by atoms with E-state index in [-0.39, 0.29) is 12.6 Å². The van der Waals surface area contributed by atoms with Crippen LogP contribution in [0.4, 0.5) is 10.5 Å².